The molecule has 0 aromatic carbocycles. The maximum atomic E-state index is 8.91. The molecule has 3 nitrogen and oxygen atoms in total. The van der Waals surface area contributed by atoms with E-state index in [4.69, 9.17) is 5.26 Å². The van der Waals surface area contributed by atoms with Crippen molar-refractivity contribution in [2.75, 3.05) is 6.54 Å². The van der Waals surface area contributed by atoms with Crippen molar-refractivity contribution in [1.82, 2.24) is 4.90 Å². The van der Waals surface area contributed by atoms with Gasteiger partial charge < -0.3 is 4.90 Å². The number of hydrogen-bond donors (Lipinski definition) is 0. The summed E-state index contributed by atoms with van der Waals surface area (Å²) < 4.78 is 0. The molecule has 2 aliphatic rings. The molecule has 0 spiro atoms. The Morgan fingerprint density at radius 2 is 2.21 bits per heavy atom. The lowest BCUT2D eigenvalue weighted by Crippen LogP contribution is -2.31. The van der Waals surface area contributed by atoms with Gasteiger partial charge in [-0.25, -0.2) is 0 Å². The van der Waals surface area contributed by atoms with Gasteiger partial charge in [0.1, 0.15) is 5.84 Å². The summed E-state index contributed by atoms with van der Waals surface area (Å²) in [6.45, 7) is 7.10. The largest absolute Gasteiger partial charge is 0.333 e. The molecule has 0 bridgehead atoms. The lowest BCUT2D eigenvalue weighted by Gasteiger charge is -2.28. The molecule has 2 rings (SSSR count). The van der Waals surface area contributed by atoms with Crippen LogP contribution in [0.15, 0.2) is 16.3 Å². The van der Waals surface area contributed by atoms with Gasteiger partial charge in [0.05, 0.1) is 18.0 Å². The molecule has 74 valence electrons. The van der Waals surface area contributed by atoms with Gasteiger partial charge in [0.25, 0.3) is 0 Å². The van der Waals surface area contributed by atoms with E-state index in [1.54, 1.807) is 0 Å². The van der Waals surface area contributed by atoms with E-state index in [1.807, 2.05) is 6.92 Å². The molecule has 0 aromatic heterocycles. The van der Waals surface area contributed by atoms with Gasteiger partial charge in [-0.2, -0.15) is 5.26 Å². The number of allylic oxidation sites excluding steroid dienone is 1. The first-order valence-electron chi connectivity index (χ1n) is 5.04. The van der Waals surface area contributed by atoms with Gasteiger partial charge in [-0.3, -0.25) is 4.99 Å². The second kappa shape index (κ2) is 3.13. The highest BCUT2D eigenvalue weighted by atomic mass is 15.2. The highest BCUT2D eigenvalue weighted by Crippen LogP contribution is 2.33. The van der Waals surface area contributed by atoms with E-state index >= 15 is 0 Å². The third-order valence-corrected chi connectivity index (χ3v) is 3.20. The lowest BCUT2D eigenvalue weighted by molar-refractivity contribution is 0.527. The Hall–Kier alpha value is -1.30. The first kappa shape index (κ1) is 9.26. The number of nitriles is 1. The SMILES string of the molecule is CC1=N[C@@H](C)C(C)=C2C[C@@H](C#N)CN12. The molecule has 0 aliphatic carbocycles. The highest BCUT2D eigenvalue weighted by Gasteiger charge is 2.32. The topological polar surface area (TPSA) is 39.4 Å². The van der Waals surface area contributed by atoms with Crippen LogP contribution in [0.3, 0.4) is 0 Å². The van der Waals surface area contributed by atoms with Gasteiger partial charge in [-0.15, -0.1) is 0 Å². The summed E-state index contributed by atoms with van der Waals surface area (Å²) in [5.74, 6) is 1.21. The summed E-state index contributed by atoms with van der Waals surface area (Å²) in [5, 5.41) is 8.91. The van der Waals surface area contributed by atoms with Crippen LogP contribution >= 0.6 is 0 Å². The zero-order valence-electron chi connectivity index (χ0n) is 8.91. The first-order chi connectivity index (χ1) is 6.63. The molecular formula is C11H15N3. The van der Waals surface area contributed by atoms with Crippen molar-refractivity contribution in [3.05, 3.63) is 11.3 Å². The Morgan fingerprint density at radius 1 is 1.50 bits per heavy atom. The van der Waals surface area contributed by atoms with E-state index in [0.717, 1.165) is 18.8 Å². The van der Waals surface area contributed by atoms with Crippen LogP contribution in [-0.2, 0) is 0 Å². The predicted molar refractivity (Wildman–Crippen MR) is 55.7 cm³/mol. The quantitative estimate of drug-likeness (QED) is 0.584. The summed E-state index contributed by atoms with van der Waals surface area (Å²) in [4.78, 5) is 6.75. The van der Waals surface area contributed by atoms with Gasteiger partial charge in [0, 0.05) is 18.7 Å². The Labute approximate surface area is 84.7 Å². The Bertz CT molecular complexity index is 359. The van der Waals surface area contributed by atoms with Gasteiger partial charge in [0.2, 0.25) is 0 Å². The molecule has 0 unspecified atom stereocenters. The Morgan fingerprint density at radius 3 is 2.86 bits per heavy atom. The molecule has 1 saturated heterocycles. The molecule has 0 N–H and O–H groups in total. The summed E-state index contributed by atoms with van der Waals surface area (Å²) in [5.41, 5.74) is 2.66. The predicted octanol–water partition coefficient (Wildman–Crippen LogP) is 1.93. The molecule has 14 heavy (non-hydrogen) atoms. The minimum absolute atomic E-state index is 0.149. The zero-order chi connectivity index (χ0) is 10.3. The third kappa shape index (κ3) is 1.22. The summed E-state index contributed by atoms with van der Waals surface area (Å²) in [7, 11) is 0. The first-order valence-corrected chi connectivity index (χ1v) is 5.04. The number of hydrogen-bond acceptors (Lipinski definition) is 3. The van der Waals surface area contributed by atoms with Crippen LogP contribution in [0.4, 0.5) is 0 Å². The highest BCUT2D eigenvalue weighted by molar-refractivity contribution is 5.83. The normalized spacial score (nSPS) is 31.3. The minimum atomic E-state index is 0.149. The van der Waals surface area contributed by atoms with Crippen LogP contribution < -0.4 is 0 Å². The molecular weight excluding hydrogens is 174 g/mol. The van der Waals surface area contributed by atoms with Gasteiger partial charge in [0.15, 0.2) is 0 Å². The standard InChI is InChI=1S/C11H15N3/c1-7-8(2)13-9(3)14-6-10(5-12)4-11(7)14/h8,10H,4,6H2,1-3H3/t8-,10-/m0/s1. The van der Waals surface area contributed by atoms with E-state index in [-0.39, 0.29) is 5.92 Å². The minimum Gasteiger partial charge on any atom is -0.333 e. The number of aliphatic imine (C=N–C) groups is 1. The van der Waals surface area contributed by atoms with Crippen molar-refractivity contribution < 1.29 is 0 Å². The zero-order valence-corrected chi connectivity index (χ0v) is 8.91. The average molecular weight is 189 g/mol. The van der Waals surface area contributed by atoms with E-state index in [0.29, 0.717) is 6.04 Å². The molecule has 3 heteroatoms. The van der Waals surface area contributed by atoms with Crippen molar-refractivity contribution in [1.29, 1.82) is 5.26 Å². The number of amidine groups is 1. The molecule has 2 atom stereocenters. The lowest BCUT2D eigenvalue weighted by atomic mass is 10.0. The maximum Gasteiger partial charge on any atom is 0.101 e. The van der Waals surface area contributed by atoms with E-state index in [9.17, 15) is 0 Å². The van der Waals surface area contributed by atoms with Crippen LogP contribution in [0, 0.1) is 17.2 Å². The van der Waals surface area contributed by atoms with Crippen molar-refractivity contribution in [2.24, 2.45) is 10.9 Å². The van der Waals surface area contributed by atoms with Crippen molar-refractivity contribution in [2.45, 2.75) is 33.2 Å². The molecule has 2 heterocycles. The summed E-state index contributed by atoms with van der Waals surface area (Å²) in [6.07, 6.45) is 0.902. The number of fused-ring (bicyclic) bond motifs is 1. The second-order valence-electron chi connectivity index (χ2n) is 4.12. The number of nitrogens with zero attached hydrogens (tertiary/aromatic N) is 3. The average Bonchev–Trinajstić information content (AvgIpc) is 2.58. The van der Waals surface area contributed by atoms with Crippen LogP contribution in [0.5, 0.6) is 0 Å². The van der Waals surface area contributed by atoms with E-state index < -0.39 is 0 Å². The van der Waals surface area contributed by atoms with Crippen LogP contribution in [0.2, 0.25) is 0 Å². The van der Waals surface area contributed by atoms with Crippen molar-refractivity contribution >= 4 is 5.84 Å². The second-order valence-corrected chi connectivity index (χ2v) is 4.12. The summed E-state index contributed by atoms with van der Waals surface area (Å²) in [6, 6.07) is 2.64. The Balaban J connectivity index is 2.36. The van der Waals surface area contributed by atoms with Gasteiger partial charge in [-0.05, 0) is 26.3 Å². The Kier molecular flexibility index (Phi) is 2.07. The molecule has 2 aliphatic heterocycles. The van der Waals surface area contributed by atoms with Crippen molar-refractivity contribution in [3.8, 4) is 6.07 Å². The summed E-state index contributed by atoms with van der Waals surface area (Å²) >= 11 is 0. The fraction of sp³-hybridized carbons (Fsp3) is 0.636. The van der Waals surface area contributed by atoms with Gasteiger partial charge >= 0.3 is 0 Å². The van der Waals surface area contributed by atoms with E-state index in [2.05, 4.69) is 29.8 Å². The van der Waals surface area contributed by atoms with Crippen LogP contribution in [0.1, 0.15) is 27.2 Å². The monoisotopic (exact) mass is 189 g/mol. The molecule has 1 fully saturated rings. The molecule has 0 radical (unpaired) electrons. The van der Waals surface area contributed by atoms with Crippen LogP contribution in [-0.4, -0.2) is 23.3 Å². The van der Waals surface area contributed by atoms with E-state index in [1.165, 1.54) is 11.3 Å². The maximum absolute atomic E-state index is 8.91. The van der Waals surface area contributed by atoms with Crippen LogP contribution in [0.25, 0.3) is 0 Å². The smallest absolute Gasteiger partial charge is 0.101 e. The fourth-order valence-electron chi connectivity index (χ4n) is 2.21. The fourth-order valence-corrected chi connectivity index (χ4v) is 2.21. The van der Waals surface area contributed by atoms with Crippen molar-refractivity contribution in [3.63, 3.8) is 0 Å². The number of rotatable bonds is 0. The molecule has 0 amide bonds. The molecule has 0 aromatic rings. The third-order valence-electron chi connectivity index (χ3n) is 3.20. The van der Waals surface area contributed by atoms with Gasteiger partial charge in [-0.1, -0.05) is 0 Å². The molecule has 0 saturated carbocycles.